The van der Waals surface area contributed by atoms with Crippen LogP contribution in [0, 0.1) is 0 Å². The van der Waals surface area contributed by atoms with E-state index in [1.165, 1.54) is 74.5 Å². The number of aryl methyl sites for hydroxylation is 2. The fraction of sp³-hybridized carbons (Fsp3) is 0.182. The minimum atomic E-state index is -1.58. The SMILES string of the molecule is CCc1cc(NC(=O)C(N=Nc2ccc(Cl)c(C(=O)Nc3cc(Cl)ccc3Cl)c2)C(C)=O)c(CC)cc1NC(=O)C(N=Nc1ccc(Cl)c(C(=O)Nc2cc(Cl)ccc2Cl)c1)C(C)=O. The zero-order chi connectivity index (χ0) is 46.8. The molecule has 0 radical (unpaired) electrons. The van der Waals surface area contributed by atoms with E-state index >= 15 is 0 Å². The van der Waals surface area contributed by atoms with Gasteiger partial charge in [0.05, 0.1) is 54.0 Å². The lowest BCUT2D eigenvalue weighted by Crippen LogP contribution is -2.33. The Kier molecular flexibility index (Phi) is 17.1. The molecule has 64 heavy (non-hydrogen) atoms. The summed E-state index contributed by atoms with van der Waals surface area (Å²) in [4.78, 5) is 78.7. The Morgan fingerprint density at radius 1 is 0.469 bits per heavy atom. The summed E-state index contributed by atoms with van der Waals surface area (Å²) < 4.78 is 0. The lowest BCUT2D eigenvalue weighted by molar-refractivity contribution is -0.127. The van der Waals surface area contributed by atoms with Gasteiger partial charge in [-0.25, -0.2) is 0 Å². The highest BCUT2D eigenvalue weighted by atomic mass is 35.5. The van der Waals surface area contributed by atoms with E-state index in [2.05, 4.69) is 41.7 Å². The first-order valence-corrected chi connectivity index (χ1v) is 21.4. The first-order valence-electron chi connectivity index (χ1n) is 19.1. The number of nitrogens with zero attached hydrogens (tertiary/aromatic N) is 4. The monoisotopic (exact) mass is 982 g/mol. The third-order valence-electron chi connectivity index (χ3n) is 9.19. The van der Waals surface area contributed by atoms with Gasteiger partial charge in [-0.2, -0.15) is 20.5 Å². The largest absolute Gasteiger partial charge is 0.323 e. The van der Waals surface area contributed by atoms with E-state index in [-0.39, 0.29) is 54.0 Å². The number of hydrogen-bond acceptors (Lipinski definition) is 10. The third-order valence-corrected chi connectivity index (χ3v) is 11.0. The Balaban J connectivity index is 1.31. The van der Waals surface area contributed by atoms with E-state index in [0.717, 1.165) is 0 Å². The van der Waals surface area contributed by atoms with Crippen LogP contribution in [0.25, 0.3) is 0 Å². The minimum absolute atomic E-state index is 0.0152. The molecule has 2 atom stereocenters. The molecule has 0 saturated carbocycles. The lowest BCUT2D eigenvalue weighted by Gasteiger charge is -2.18. The van der Waals surface area contributed by atoms with Crippen LogP contribution in [0.2, 0.25) is 30.1 Å². The number of amides is 4. The Hall–Kier alpha value is -5.74. The molecule has 0 saturated heterocycles. The molecular weight excluding hydrogens is 949 g/mol. The summed E-state index contributed by atoms with van der Waals surface area (Å²) in [5.41, 5.74) is 2.61. The van der Waals surface area contributed by atoms with Gasteiger partial charge in [-0.15, -0.1) is 0 Å². The van der Waals surface area contributed by atoms with Crippen LogP contribution < -0.4 is 21.3 Å². The van der Waals surface area contributed by atoms with Gasteiger partial charge in [0.1, 0.15) is 0 Å². The molecule has 5 aromatic rings. The summed E-state index contributed by atoms with van der Waals surface area (Å²) in [6, 6.07) is 17.6. The fourth-order valence-electron chi connectivity index (χ4n) is 5.86. The molecule has 0 fully saturated rings. The van der Waals surface area contributed by atoms with Gasteiger partial charge in [0, 0.05) is 21.4 Å². The fourth-order valence-corrected chi connectivity index (χ4v) is 6.94. The molecule has 0 aliphatic heterocycles. The molecule has 0 aliphatic rings. The number of azo groups is 2. The van der Waals surface area contributed by atoms with Crippen LogP contribution in [0.15, 0.2) is 105 Å². The smallest absolute Gasteiger partial charge is 0.258 e. The van der Waals surface area contributed by atoms with E-state index in [1.54, 1.807) is 24.3 Å². The second-order valence-electron chi connectivity index (χ2n) is 13.8. The van der Waals surface area contributed by atoms with Gasteiger partial charge < -0.3 is 21.3 Å². The Labute approximate surface area is 397 Å². The molecule has 0 aliphatic carbocycles. The Morgan fingerprint density at radius 3 is 1.17 bits per heavy atom. The van der Waals surface area contributed by atoms with E-state index < -0.39 is 47.3 Å². The number of halogens is 6. The highest BCUT2D eigenvalue weighted by Crippen LogP contribution is 2.32. The maximum Gasteiger partial charge on any atom is 0.258 e. The number of benzene rings is 5. The van der Waals surface area contributed by atoms with Crippen LogP contribution in [-0.4, -0.2) is 47.3 Å². The highest BCUT2D eigenvalue weighted by molar-refractivity contribution is 6.38. The van der Waals surface area contributed by atoms with Crippen molar-refractivity contribution < 1.29 is 28.8 Å². The number of rotatable bonds is 16. The van der Waals surface area contributed by atoms with E-state index in [1.807, 2.05) is 13.8 Å². The summed E-state index contributed by atoms with van der Waals surface area (Å²) >= 11 is 37.1. The van der Waals surface area contributed by atoms with E-state index in [4.69, 9.17) is 69.6 Å². The van der Waals surface area contributed by atoms with Gasteiger partial charge in [0.25, 0.3) is 23.6 Å². The van der Waals surface area contributed by atoms with E-state index in [9.17, 15) is 28.8 Å². The van der Waals surface area contributed by atoms with Gasteiger partial charge in [-0.1, -0.05) is 83.5 Å². The van der Waals surface area contributed by atoms with Crippen LogP contribution in [-0.2, 0) is 32.0 Å². The average molecular weight is 986 g/mol. The maximum absolute atomic E-state index is 13.6. The molecule has 4 N–H and O–H groups in total. The van der Waals surface area contributed by atoms with Crippen molar-refractivity contribution in [3.63, 3.8) is 0 Å². The average Bonchev–Trinajstić information content (AvgIpc) is 3.24. The molecule has 0 spiro atoms. The van der Waals surface area contributed by atoms with Crippen molar-refractivity contribution in [3.8, 4) is 0 Å². The molecule has 20 heteroatoms. The van der Waals surface area contributed by atoms with Crippen molar-refractivity contribution >= 4 is 139 Å². The highest BCUT2D eigenvalue weighted by Gasteiger charge is 2.27. The number of nitrogens with one attached hydrogen (secondary N) is 4. The van der Waals surface area contributed by atoms with Crippen LogP contribution in [0.1, 0.15) is 59.5 Å². The topological polar surface area (TPSA) is 200 Å². The Morgan fingerprint density at radius 2 is 0.828 bits per heavy atom. The predicted molar refractivity (Wildman–Crippen MR) is 252 cm³/mol. The van der Waals surface area contributed by atoms with Crippen LogP contribution in [0.4, 0.5) is 34.1 Å². The summed E-state index contributed by atoms with van der Waals surface area (Å²) in [5, 5.41) is 28.3. The molecule has 4 amide bonds. The van der Waals surface area contributed by atoms with Crippen molar-refractivity contribution in [2.75, 3.05) is 21.3 Å². The number of anilines is 4. The summed E-state index contributed by atoms with van der Waals surface area (Å²) in [7, 11) is 0. The van der Waals surface area contributed by atoms with Crippen molar-refractivity contribution in [1.29, 1.82) is 0 Å². The van der Waals surface area contributed by atoms with Crippen molar-refractivity contribution in [1.82, 2.24) is 0 Å². The summed E-state index contributed by atoms with van der Waals surface area (Å²) in [5.74, 6) is -4.06. The number of ketones is 2. The van der Waals surface area contributed by atoms with Gasteiger partial charge >= 0.3 is 0 Å². The first-order chi connectivity index (χ1) is 30.4. The number of carbonyl (C=O) groups excluding carboxylic acids is 6. The zero-order valence-corrected chi connectivity index (χ0v) is 38.7. The third kappa shape index (κ3) is 12.7. The second-order valence-corrected chi connectivity index (χ2v) is 16.3. The van der Waals surface area contributed by atoms with Gasteiger partial charge in [0.2, 0.25) is 12.1 Å². The molecule has 14 nitrogen and oxygen atoms in total. The molecule has 0 bridgehead atoms. The summed E-state index contributed by atoms with van der Waals surface area (Å²) in [6.07, 6.45) is 0.743. The van der Waals surface area contributed by atoms with Crippen molar-refractivity contribution in [2.45, 2.75) is 52.6 Å². The van der Waals surface area contributed by atoms with Crippen molar-refractivity contribution in [2.24, 2.45) is 20.5 Å². The minimum Gasteiger partial charge on any atom is -0.323 e. The van der Waals surface area contributed by atoms with Gasteiger partial charge in [-0.3, -0.25) is 28.8 Å². The summed E-state index contributed by atoms with van der Waals surface area (Å²) in [6.45, 7) is 5.99. The molecule has 0 aromatic heterocycles. The van der Waals surface area contributed by atoms with Crippen LogP contribution >= 0.6 is 69.6 Å². The standard InChI is InChI=1S/C44H36Cl6N8O6/c1-5-23-15-36(52-44(64)40(22(4)60)58-56-28-10-14-32(48)30(20-28)42(62)54-38-18-26(46)8-12-34(38)50)24(6-2)16-35(23)51-43(63)39(21(3)59)57-55-27-9-13-31(47)29(19-27)41(61)53-37-17-25(45)7-11-33(37)49/h7-20,39-40H,5-6H2,1-4H3,(H,51,63)(H,52,64)(H,53,61)(H,54,62). The maximum atomic E-state index is 13.6. The number of carbonyl (C=O) groups is 6. The second kappa shape index (κ2) is 22.2. The molecule has 5 aromatic carbocycles. The van der Waals surface area contributed by atoms with Gasteiger partial charge in [0.15, 0.2) is 11.6 Å². The normalized spacial score (nSPS) is 12.2. The quantitative estimate of drug-likeness (QED) is 0.0560. The van der Waals surface area contributed by atoms with Crippen molar-refractivity contribution in [3.05, 3.63) is 137 Å². The number of Topliss-reactive ketones (excluding diaryl/α,β-unsaturated/α-hetero) is 2. The molecule has 330 valence electrons. The molecule has 0 heterocycles. The predicted octanol–water partition coefficient (Wildman–Crippen LogP) is 12.6. The zero-order valence-electron chi connectivity index (χ0n) is 34.2. The molecule has 5 rings (SSSR count). The van der Waals surface area contributed by atoms with Crippen LogP contribution in [0.3, 0.4) is 0 Å². The van der Waals surface area contributed by atoms with E-state index in [0.29, 0.717) is 45.4 Å². The van der Waals surface area contributed by atoms with Gasteiger partial charge in [-0.05, 0) is 123 Å². The molecular formula is C44H36Cl6N8O6. The first kappa shape index (κ1) is 49.3. The Bertz CT molecular complexity index is 2560. The van der Waals surface area contributed by atoms with Crippen LogP contribution in [0.5, 0.6) is 0 Å². The lowest BCUT2D eigenvalue weighted by atomic mass is 10.0. The number of hydrogen-bond donors (Lipinski definition) is 4. The molecule has 2 unspecified atom stereocenters.